The molecule has 4 heteroatoms. The van der Waals surface area contributed by atoms with E-state index in [2.05, 4.69) is 93.6 Å². The van der Waals surface area contributed by atoms with Crippen molar-refractivity contribution in [3.63, 3.8) is 0 Å². The zero-order chi connectivity index (χ0) is 31.7. The summed E-state index contributed by atoms with van der Waals surface area (Å²) in [5, 5.41) is 3.79. The quantitative estimate of drug-likeness (QED) is 0.127. The Morgan fingerprint density at radius 2 is 0.630 bits per heavy atom. The average molecular weight is 623 g/mol. The predicted octanol–water partition coefficient (Wildman–Crippen LogP) is 9.86. The molecule has 0 saturated heterocycles. The van der Waals surface area contributed by atoms with Crippen molar-refractivity contribution in [1.29, 1.82) is 0 Å². The van der Waals surface area contributed by atoms with Crippen molar-refractivity contribution < 1.29 is 14.2 Å². The SMILES string of the molecule is C[C@@H](Oc1ccccc1)c1cccc(P(c2cccc([C@@H](C)Oc3ccccc3)c2)c2cccc([C@@H](C)Oc3ccccc3)c2)c1. The maximum Gasteiger partial charge on any atom is 0.121 e. The molecule has 0 amide bonds. The molecular weight excluding hydrogens is 583 g/mol. The van der Waals surface area contributed by atoms with Gasteiger partial charge in [0.25, 0.3) is 0 Å². The lowest BCUT2D eigenvalue weighted by Crippen LogP contribution is -2.23. The fraction of sp³-hybridized carbons (Fsp3) is 0.143. The summed E-state index contributed by atoms with van der Waals surface area (Å²) < 4.78 is 19.0. The van der Waals surface area contributed by atoms with Crippen LogP contribution in [0.2, 0.25) is 0 Å². The molecule has 6 rings (SSSR count). The summed E-state index contributed by atoms with van der Waals surface area (Å²) in [7, 11) is -0.913. The van der Waals surface area contributed by atoms with E-state index in [0.717, 1.165) is 33.9 Å². The minimum atomic E-state index is -0.913. The third-order valence-corrected chi connectivity index (χ3v) is 10.3. The van der Waals surface area contributed by atoms with Gasteiger partial charge in [0.2, 0.25) is 0 Å². The van der Waals surface area contributed by atoms with Crippen molar-refractivity contribution in [2.45, 2.75) is 39.1 Å². The standard InChI is InChI=1S/C42H39O3P/c1-31(43-37-19-7-4-8-20-37)34-16-13-25-40(28-34)46(41-26-14-17-35(29-41)32(2)44-38-21-9-5-10-22-38)42-27-15-18-36(30-42)33(3)45-39-23-11-6-12-24-39/h4-33H,1-3H3/t31-,32-,33-/m1/s1. The summed E-state index contributed by atoms with van der Waals surface area (Å²) >= 11 is 0. The van der Waals surface area contributed by atoms with E-state index in [0.29, 0.717) is 0 Å². The number of rotatable bonds is 12. The Morgan fingerprint density at radius 1 is 0.348 bits per heavy atom. The number of ether oxygens (including phenoxy) is 3. The van der Waals surface area contributed by atoms with Crippen LogP contribution >= 0.6 is 7.92 Å². The van der Waals surface area contributed by atoms with E-state index < -0.39 is 7.92 Å². The Kier molecular flexibility index (Phi) is 10.1. The first kappa shape index (κ1) is 31.1. The van der Waals surface area contributed by atoms with Gasteiger partial charge in [0.15, 0.2) is 0 Å². The Balaban J connectivity index is 1.36. The van der Waals surface area contributed by atoms with Crippen LogP contribution in [0.5, 0.6) is 17.2 Å². The molecule has 0 aromatic heterocycles. The van der Waals surface area contributed by atoms with E-state index in [1.165, 1.54) is 15.9 Å². The van der Waals surface area contributed by atoms with Crippen molar-refractivity contribution in [2.24, 2.45) is 0 Å². The van der Waals surface area contributed by atoms with Crippen LogP contribution in [0.4, 0.5) is 0 Å². The lowest BCUT2D eigenvalue weighted by atomic mass is 10.1. The third kappa shape index (κ3) is 7.86. The van der Waals surface area contributed by atoms with Gasteiger partial charge in [-0.05, 0) is 116 Å². The maximum absolute atomic E-state index is 6.34. The lowest BCUT2D eigenvalue weighted by molar-refractivity contribution is 0.227. The summed E-state index contributed by atoms with van der Waals surface area (Å²) in [5.74, 6) is 2.59. The average Bonchev–Trinajstić information content (AvgIpc) is 3.10. The molecule has 0 unspecified atom stereocenters. The molecule has 46 heavy (non-hydrogen) atoms. The summed E-state index contributed by atoms with van der Waals surface area (Å²) in [5.41, 5.74) is 3.42. The Morgan fingerprint density at radius 3 is 0.913 bits per heavy atom. The minimum absolute atomic E-state index is 0.101. The second-order valence-electron chi connectivity index (χ2n) is 11.3. The molecule has 3 nitrogen and oxygen atoms in total. The first-order chi connectivity index (χ1) is 22.5. The van der Waals surface area contributed by atoms with Gasteiger partial charge in [0, 0.05) is 0 Å². The molecule has 0 saturated carbocycles. The van der Waals surface area contributed by atoms with E-state index in [9.17, 15) is 0 Å². The van der Waals surface area contributed by atoms with Crippen LogP contribution in [0.1, 0.15) is 55.8 Å². The van der Waals surface area contributed by atoms with Gasteiger partial charge in [-0.15, -0.1) is 0 Å². The smallest absolute Gasteiger partial charge is 0.121 e. The van der Waals surface area contributed by atoms with E-state index in [4.69, 9.17) is 14.2 Å². The van der Waals surface area contributed by atoms with Gasteiger partial charge in [-0.2, -0.15) is 0 Å². The molecule has 0 aliphatic heterocycles. The highest BCUT2D eigenvalue weighted by Crippen LogP contribution is 2.36. The highest BCUT2D eigenvalue weighted by molar-refractivity contribution is 7.79. The van der Waals surface area contributed by atoms with Crippen LogP contribution in [0.25, 0.3) is 0 Å². The maximum atomic E-state index is 6.34. The zero-order valence-electron chi connectivity index (χ0n) is 26.5. The second kappa shape index (κ2) is 15.0. The van der Waals surface area contributed by atoms with Gasteiger partial charge < -0.3 is 14.2 Å². The Hall–Kier alpha value is -4.85. The highest BCUT2D eigenvalue weighted by atomic mass is 31.1. The topological polar surface area (TPSA) is 27.7 Å². The van der Waals surface area contributed by atoms with E-state index >= 15 is 0 Å². The molecule has 0 bridgehead atoms. The number of para-hydroxylation sites is 3. The van der Waals surface area contributed by atoms with Crippen LogP contribution in [0.3, 0.4) is 0 Å². The van der Waals surface area contributed by atoms with Crippen molar-refractivity contribution in [3.05, 3.63) is 180 Å². The first-order valence-corrected chi connectivity index (χ1v) is 17.1. The molecule has 0 aliphatic carbocycles. The van der Waals surface area contributed by atoms with Crippen LogP contribution in [-0.4, -0.2) is 0 Å². The molecule has 6 aromatic rings. The van der Waals surface area contributed by atoms with Crippen molar-refractivity contribution >= 4 is 23.8 Å². The Labute approximate surface area is 274 Å². The molecule has 3 atom stereocenters. The third-order valence-electron chi connectivity index (χ3n) is 7.96. The molecule has 230 valence electrons. The van der Waals surface area contributed by atoms with E-state index in [1.807, 2.05) is 91.0 Å². The highest BCUT2D eigenvalue weighted by Gasteiger charge is 2.21. The molecule has 0 fully saturated rings. The normalized spacial score (nSPS) is 13.0. The molecular formula is C42H39O3P. The van der Waals surface area contributed by atoms with Crippen LogP contribution in [0.15, 0.2) is 164 Å². The predicted molar refractivity (Wildman–Crippen MR) is 192 cm³/mol. The molecule has 0 heterocycles. The van der Waals surface area contributed by atoms with Crippen molar-refractivity contribution in [1.82, 2.24) is 0 Å². The van der Waals surface area contributed by atoms with Gasteiger partial charge in [0.1, 0.15) is 35.6 Å². The fourth-order valence-corrected chi connectivity index (χ4v) is 7.95. The zero-order valence-corrected chi connectivity index (χ0v) is 27.4. The van der Waals surface area contributed by atoms with E-state index in [1.54, 1.807) is 0 Å². The number of benzene rings is 6. The molecule has 0 N–H and O–H groups in total. The van der Waals surface area contributed by atoms with Crippen LogP contribution in [-0.2, 0) is 0 Å². The lowest BCUT2D eigenvalue weighted by Gasteiger charge is -2.24. The summed E-state index contributed by atoms with van der Waals surface area (Å²) in [4.78, 5) is 0. The van der Waals surface area contributed by atoms with Gasteiger partial charge in [0.05, 0.1) is 0 Å². The molecule has 6 aromatic carbocycles. The van der Waals surface area contributed by atoms with Crippen molar-refractivity contribution in [2.75, 3.05) is 0 Å². The summed E-state index contributed by atoms with van der Waals surface area (Å²) in [6, 6.07) is 56.6. The monoisotopic (exact) mass is 622 g/mol. The van der Waals surface area contributed by atoms with Gasteiger partial charge in [-0.25, -0.2) is 0 Å². The van der Waals surface area contributed by atoms with Gasteiger partial charge >= 0.3 is 0 Å². The molecule has 0 radical (unpaired) electrons. The minimum Gasteiger partial charge on any atom is -0.486 e. The second-order valence-corrected chi connectivity index (χ2v) is 13.6. The van der Waals surface area contributed by atoms with Crippen LogP contribution < -0.4 is 30.1 Å². The number of hydrogen-bond acceptors (Lipinski definition) is 3. The fourth-order valence-electron chi connectivity index (χ4n) is 5.51. The van der Waals surface area contributed by atoms with E-state index in [-0.39, 0.29) is 18.3 Å². The first-order valence-electron chi connectivity index (χ1n) is 15.8. The Bertz CT molecular complexity index is 1610. The molecule has 0 aliphatic rings. The summed E-state index contributed by atoms with van der Waals surface area (Å²) in [6.45, 7) is 6.34. The summed E-state index contributed by atoms with van der Waals surface area (Å²) in [6.07, 6.45) is -0.304. The van der Waals surface area contributed by atoms with Crippen LogP contribution in [0, 0.1) is 0 Å². The van der Waals surface area contributed by atoms with Gasteiger partial charge in [-0.3, -0.25) is 0 Å². The number of hydrogen-bond donors (Lipinski definition) is 0. The van der Waals surface area contributed by atoms with Gasteiger partial charge in [-0.1, -0.05) is 109 Å². The van der Waals surface area contributed by atoms with Crippen molar-refractivity contribution in [3.8, 4) is 17.2 Å². The molecule has 0 spiro atoms. The largest absolute Gasteiger partial charge is 0.486 e.